The summed E-state index contributed by atoms with van der Waals surface area (Å²) in [6.45, 7) is 2.03. The Bertz CT molecular complexity index is 475. The Morgan fingerprint density at radius 2 is 2.18 bits per heavy atom. The van der Waals surface area contributed by atoms with Gasteiger partial charge in [0.1, 0.15) is 13.2 Å². The lowest BCUT2D eigenvalue weighted by Gasteiger charge is -2.22. The molecule has 1 aromatic carbocycles. The number of carboxylic acids is 1. The minimum Gasteiger partial charge on any atom is -0.486 e. The summed E-state index contributed by atoms with van der Waals surface area (Å²) in [5.74, 6) is -2.45. The van der Waals surface area contributed by atoms with E-state index in [0.717, 1.165) is 0 Å². The van der Waals surface area contributed by atoms with Gasteiger partial charge in [-0.05, 0) is 13.0 Å². The van der Waals surface area contributed by atoms with Crippen LogP contribution in [0.2, 0.25) is 0 Å². The quantitative estimate of drug-likeness (QED) is 0.912. The van der Waals surface area contributed by atoms with Crippen molar-refractivity contribution in [2.45, 2.75) is 12.8 Å². The Hall–Kier alpha value is -1.30. The molecule has 17 heavy (non-hydrogen) atoms. The Morgan fingerprint density at radius 1 is 1.53 bits per heavy atom. The molecule has 1 unspecified atom stereocenters. The molecule has 1 aliphatic rings. The summed E-state index contributed by atoms with van der Waals surface area (Å²) in [4.78, 5) is 10.9. The van der Waals surface area contributed by atoms with E-state index in [-0.39, 0.29) is 17.9 Å². The molecule has 1 aromatic rings. The monoisotopic (exact) mass is 304 g/mol. The van der Waals surface area contributed by atoms with Crippen molar-refractivity contribution in [1.29, 1.82) is 0 Å². The van der Waals surface area contributed by atoms with Crippen molar-refractivity contribution < 1.29 is 23.8 Å². The molecule has 2 rings (SSSR count). The van der Waals surface area contributed by atoms with E-state index >= 15 is 0 Å². The minimum absolute atomic E-state index is 0.0115. The molecule has 0 aromatic heterocycles. The molecular weight excluding hydrogens is 295 g/mol. The second-order valence-corrected chi connectivity index (χ2v) is 4.52. The fraction of sp³-hybridized carbons (Fsp3) is 0.364. The first-order valence-corrected chi connectivity index (χ1v) is 5.82. The molecule has 0 aliphatic carbocycles. The van der Waals surface area contributed by atoms with Crippen molar-refractivity contribution in [2.75, 3.05) is 13.2 Å². The lowest BCUT2D eigenvalue weighted by Crippen LogP contribution is -2.18. The van der Waals surface area contributed by atoms with Crippen LogP contribution in [0.4, 0.5) is 4.39 Å². The highest BCUT2D eigenvalue weighted by atomic mass is 79.9. The Kier molecular flexibility index (Phi) is 3.24. The van der Waals surface area contributed by atoms with E-state index in [4.69, 9.17) is 14.6 Å². The van der Waals surface area contributed by atoms with Crippen LogP contribution in [0.15, 0.2) is 10.5 Å². The van der Waals surface area contributed by atoms with Crippen molar-refractivity contribution in [3.63, 3.8) is 0 Å². The first-order chi connectivity index (χ1) is 8.02. The van der Waals surface area contributed by atoms with Gasteiger partial charge in [0.15, 0.2) is 17.3 Å². The number of carboxylic acid groups (broad SMARTS) is 1. The number of benzene rings is 1. The standard InChI is InChI=1S/C11H10BrFO4/c1-5(11(14)15)8-6(12)4-7-10(9(8)13)17-3-2-16-7/h4-5H,2-3H2,1H3,(H,14,15). The number of hydrogen-bond acceptors (Lipinski definition) is 3. The summed E-state index contributed by atoms with van der Waals surface area (Å²) in [7, 11) is 0. The predicted octanol–water partition coefficient (Wildman–Crippen LogP) is 2.55. The molecule has 4 nitrogen and oxygen atoms in total. The number of fused-ring (bicyclic) bond motifs is 1. The summed E-state index contributed by atoms with van der Waals surface area (Å²) in [5.41, 5.74) is 0.0711. The molecule has 0 spiro atoms. The highest BCUT2D eigenvalue weighted by Gasteiger charge is 2.28. The highest BCUT2D eigenvalue weighted by molar-refractivity contribution is 9.10. The highest BCUT2D eigenvalue weighted by Crippen LogP contribution is 2.41. The lowest BCUT2D eigenvalue weighted by atomic mass is 10.00. The molecule has 0 radical (unpaired) electrons. The topological polar surface area (TPSA) is 55.8 Å². The SMILES string of the molecule is CC(C(=O)O)c1c(Br)cc2c(c1F)OCCO2. The van der Waals surface area contributed by atoms with Crippen LogP contribution < -0.4 is 9.47 Å². The van der Waals surface area contributed by atoms with Crippen molar-refractivity contribution in [3.8, 4) is 11.5 Å². The first-order valence-electron chi connectivity index (χ1n) is 5.02. The van der Waals surface area contributed by atoms with E-state index in [1.54, 1.807) is 0 Å². The van der Waals surface area contributed by atoms with Crippen molar-refractivity contribution in [1.82, 2.24) is 0 Å². The van der Waals surface area contributed by atoms with Crippen LogP contribution in [0.5, 0.6) is 11.5 Å². The van der Waals surface area contributed by atoms with E-state index < -0.39 is 17.7 Å². The minimum atomic E-state index is -1.10. The van der Waals surface area contributed by atoms with Crippen LogP contribution in [0.25, 0.3) is 0 Å². The van der Waals surface area contributed by atoms with Gasteiger partial charge in [-0.15, -0.1) is 0 Å². The average molecular weight is 305 g/mol. The zero-order chi connectivity index (χ0) is 12.6. The van der Waals surface area contributed by atoms with E-state index in [9.17, 15) is 9.18 Å². The van der Waals surface area contributed by atoms with Crippen molar-refractivity contribution in [3.05, 3.63) is 21.9 Å². The van der Waals surface area contributed by atoms with Gasteiger partial charge in [-0.2, -0.15) is 0 Å². The van der Waals surface area contributed by atoms with Gasteiger partial charge in [-0.25, -0.2) is 4.39 Å². The van der Waals surface area contributed by atoms with Crippen LogP contribution in [0.3, 0.4) is 0 Å². The second kappa shape index (κ2) is 4.52. The van der Waals surface area contributed by atoms with Gasteiger partial charge in [-0.1, -0.05) is 15.9 Å². The largest absolute Gasteiger partial charge is 0.486 e. The summed E-state index contributed by atoms with van der Waals surface area (Å²) in [6.07, 6.45) is 0. The fourth-order valence-electron chi connectivity index (χ4n) is 1.65. The van der Waals surface area contributed by atoms with Gasteiger partial charge >= 0.3 is 5.97 Å². The van der Waals surface area contributed by atoms with Crippen LogP contribution in [0, 0.1) is 5.82 Å². The van der Waals surface area contributed by atoms with Gasteiger partial charge < -0.3 is 14.6 Å². The maximum atomic E-state index is 14.1. The molecule has 1 atom stereocenters. The molecule has 92 valence electrons. The maximum absolute atomic E-state index is 14.1. The molecule has 1 N–H and O–H groups in total. The summed E-state index contributed by atoms with van der Waals surface area (Å²) in [5, 5.41) is 8.93. The molecule has 1 heterocycles. The third kappa shape index (κ3) is 2.09. The maximum Gasteiger partial charge on any atom is 0.310 e. The summed E-state index contributed by atoms with van der Waals surface area (Å²) in [6, 6.07) is 1.53. The van der Waals surface area contributed by atoms with Gasteiger partial charge in [0.25, 0.3) is 0 Å². The van der Waals surface area contributed by atoms with Crippen LogP contribution >= 0.6 is 15.9 Å². The number of rotatable bonds is 2. The van der Waals surface area contributed by atoms with Gasteiger partial charge in [0, 0.05) is 10.0 Å². The molecule has 0 saturated carbocycles. The van der Waals surface area contributed by atoms with Gasteiger partial charge in [0.2, 0.25) is 0 Å². The molecule has 6 heteroatoms. The fourth-order valence-corrected chi connectivity index (χ4v) is 2.38. The number of hydrogen-bond donors (Lipinski definition) is 1. The number of aliphatic carboxylic acids is 1. The smallest absolute Gasteiger partial charge is 0.310 e. The van der Waals surface area contributed by atoms with Crippen molar-refractivity contribution in [2.24, 2.45) is 0 Å². The van der Waals surface area contributed by atoms with Crippen LogP contribution in [-0.2, 0) is 4.79 Å². The van der Waals surface area contributed by atoms with E-state index in [0.29, 0.717) is 16.8 Å². The summed E-state index contributed by atoms with van der Waals surface area (Å²) >= 11 is 3.16. The first kappa shape index (κ1) is 12.2. The third-order valence-electron chi connectivity index (χ3n) is 2.57. The van der Waals surface area contributed by atoms with Crippen LogP contribution in [-0.4, -0.2) is 24.3 Å². The second-order valence-electron chi connectivity index (χ2n) is 3.67. The average Bonchev–Trinajstić information content (AvgIpc) is 2.28. The number of carbonyl (C=O) groups is 1. The third-order valence-corrected chi connectivity index (χ3v) is 3.22. The zero-order valence-electron chi connectivity index (χ0n) is 9.00. The van der Waals surface area contributed by atoms with E-state index in [1.165, 1.54) is 13.0 Å². The Labute approximate surface area is 105 Å². The number of halogens is 2. The molecule has 0 saturated heterocycles. The molecule has 0 bridgehead atoms. The molecular formula is C11H10BrFO4. The van der Waals surface area contributed by atoms with Crippen LogP contribution in [0.1, 0.15) is 18.4 Å². The van der Waals surface area contributed by atoms with Gasteiger partial charge in [0.05, 0.1) is 5.92 Å². The normalized spacial score (nSPS) is 15.5. The van der Waals surface area contributed by atoms with E-state index in [2.05, 4.69) is 15.9 Å². The molecule has 0 amide bonds. The number of ether oxygens (including phenoxy) is 2. The summed E-state index contributed by atoms with van der Waals surface area (Å²) < 4.78 is 24.9. The van der Waals surface area contributed by atoms with E-state index in [1.807, 2.05) is 0 Å². The Balaban J connectivity index is 2.57. The lowest BCUT2D eigenvalue weighted by molar-refractivity contribution is -0.138. The van der Waals surface area contributed by atoms with Crippen molar-refractivity contribution >= 4 is 21.9 Å². The zero-order valence-corrected chi connectivity index (χ0v) is 10.6. The predicted molar refractivity (Wildman–Crippen MR) is 61.1 cm³/mol. The van der Waals surface area contributed by atoms with Gasteiger partial charge in [-0.3, -0.25) is 4.79 Å². The molecule has 1 aliphatic heterocycles. The molecule has 0 fully saturated rings. The Morgan fingerprint density at radius 3 is 2.82 bits per heavy atom.